The summed E-state index contributed by atoms with van der Waals surface area (Å²) >= 11 is 3.43. The third kappa shape index (κ3) is 4.94. The number of anilines is 4. The number of carbonyl (C=O) groups excluding carboxylic acids is 1. The zero-order chi connectivity index (χ0) is 19.2. The molecule has 0 atom stereocenters. The Morgan fingerprint density at radius 1 is 1.37 bits per heavy atom. The molecule has 0 aliphatic heterocycles. The molecule has 3 aromatic rings. The number of aromatic nitrogens is 4. The lowest BCUT2D eigenvalue weighted by atomic mass is 10.2. The lowest BCUT2D eigenvalue weighted by Crippen LogP contribution is -2.11. The quantitative estimate of drug-likeness (QED) is 0.385. The molecule has 2 heterocycles. The van der Waals surface area contributed by atoms with Crippen LogP contribution in [0.15, 0.2) is 47.6 Å². The largest absolute Gasteiger partial charge is 0.465 e. The van der Waals surface area contributed by atoms with Gasteiger partial charge in [-0.2, -0.15) is 4.98 Å². The van der Waals surface area contributed by atoms with Gasteiger partial charge < -0.3 is 25.7 Å². The number of nitrogens with one attached hydrogen (secondary N) is 2. The molecule has 0 fully saturated rings. The van der Waals surface area contributed by atoms with Crippen LogP contribution in [0.3, 0.4) is 0 Å². The number of halogens is 1. The second-order valence-electron chi connectivity index (χ2n) is 5.58. The molecule has 3 rings (SSSR count). The maximum absolute atomic E-state index is 11.7. The number of hydrogen-bond acceptors (Lipinski definition) is 8. The van der Waals surface area contributed by atoms with Crippen LogP contribution in [-0.4, -0.2) is 39.1 Å². The molecule has 4 N–H and O–H groups in total. The highest BCUT2D eigenvalue weighted by Gasteiger charge is 2.10. The number of rotatable bonds is 7. The molecule has 0 radical (unpaired) electrons. The number of nitrogens with two attached hydrogens (primary N) is 1. The SMILES string of the molecule is COC(=O)c1cc(N)cc(Nc2ncc(Br)c(NCCn3ccnc3)n2)c1. The molecule has 1 aromatic carbocycles. The number of nitrogens with zero attached hydrogens (tertiary/aromatic N) is 4. The number of methoxy groups -OCH3 is 1. The second-order valence-corrected chi connectivity index (χ2v) is 6.43. The minimum atomic E-state index is -0.469. The molecule has 0 amide bonds. The third-order valence-corrected chi connectivity index (χ3v) is 4.18. The summed E-state index contributed by atoms with van der Waals surface area (Å²) in [5, 5.41) is 6.29. The van der Waals surface area contributed by atoms with Crippen LogP contribution in [0.1, 0.15) is 10.4 Å². The second kappa shape index (κ2) is 8.49. The standard InChI is InChI=1S/C17H18BrN7O2/c1-27-16(26)11-6-12(19)8-13(7-11)23-17-22-9-14(18)15(24-17)21-3-5-25-4-2-20-10-25/h2,4,6-10H,3,5,19H2,1H3,(H2,21,22,23,24). The molecule has 0 unspecified atom stereocenters. The number of hydrogen-bond donors (Lipinski definition) is 3. The van der Waals surface area contributed by atoms with Gasteiger partial charge in [-0.25, -0.2) is 14.8 Å². The maximum Gasteiger partial charge on any atom is 0.337 e. The van der Waals surface area contributed by atoms with E-state index < -0.39 is 5.97 Å². The summed E-state index contributed by atoms with van der Waals surface area (Å²) in [6.07, 6.45) is 7.02. The number of imidazole rings is 1. The van der Waals surface area contributed by atoms with Crippen LogP contribution in [0.4, 0.5) is 23.1 Å². The predicted octanol–water partition coefficient (Wildman–Crippen LogP) is 2.66. The molecular formula is C17H18BrN7O2. The maximum atomic E-state index is 11.7. The Kier molecular flexibility index (Phi) is 5.87. The monoisotopic (exact) mass is 431 g/mol. The Bertz CT molecular complexity index is 931. The first-order valence-corrected chi connectivity index (χ1v) is 8.82. The molecule has 140 valence electrons. The first-order valence-electron chi connectivity index (χ1n) is 8.03. The third-order valence-electron chi connectivity index (χ3n) is 3.60. The summed E-state index contributed by atoms with van der Waals surface area (Å²) < 4.78 is 7.43. The van der Waals surface area contributed by atoms with Crippen molar-refractivity contribution in [3.63, 3.8) is 0 Å². The van der Waals surface area contributed by atoms with Crippen LogP contribution in [0, 0.1) is 0 Å². The summed E-state index contributed by atoms with van der Waals surface area (Å²) in [5.74, 6) is 0.540. The zero-order valence-corrected chi connectivity index (χ0v) is 16.1. The highest BCUT2D eigenvalue weighted by molar-refractivity contribution is 9.10. The van der Waals surface area contributed by atoms with E-state index in [4.69, 9.17) is 10.5 Å². The summed E-state index contributed by atoms with van der Waals surface area (Å²) in [6, 6.07) is 4.85. The molecule has 2 aromatic heterocycles. The molecule has 0 spiro atoms. The van der Waals surface area contributed by atoms with Crippen molar-refractivity contribution in [2.75, 3.05) is 30.0 Å². The van der Waals surface area contributed by atoms with E-state index in [9.17, 15) is 4.79 Å². The van der Waals surface area contributed by atoms with Gasteiger partial charge in [0.25, 0.3) is 0 Å². The summed E-state index contributed by atoms with van der Waals surface area (Å²) in [4.78, 5) is 24.4. The molecule has 27 heavy (non-hydrogen) atoms. The van der Waals surface area contributed by atoms with Gasteiger partial charge in [-0.15, -0.1) is 0 Å². The van der Waals surface area contributed by atoms with Crippen LogP contribution in [-0.2, 0) is 11.3 Å². The summed E-state index contributed by atoms with van der Waals surface area (Å²) in [6.45, 7) is 1.41. The molecule has 0 bridgehead atoms. The van der Waals surface area contributed by atoms with E-state index >= 15 is 0 Å². The van der Waals surface area contributed by atoms with Crippen LogP contribution in [0.5, 0.6) is 0 Å². The van der Waals surface area contributed by atoms with Crippen molar-refractivity contribution < 1.29 is 9.53 Å². The van der Waals surface area contributed by atoms with Gasteiger partial charge in [0.2, 0.25) is 5.95 Å². The normalized spacial score (nSPS) is 10.4. The first-order chi connectivity index (χ1) is 13.0. The molecule has 10 heteroatoms. The van der Waals surface area contributed by atoms with Crippen molar-refractivity contribution in [3.05, 3.63) is 53.2 Å². The lowest BCUT2D eigenvalue weighted by molar-refractivity contribution is 0.0601. The van der Waals surface area contributed by atoms with E-state index in [1.807, 2.05) is 10.8 Å². The Morgan fingerprint density at radius 3 is 2.96 bits per heavy atom. The Morgan fingerprint density at radius 2 is 2.22 bits per heavy atom. The Labute approximate surface area is 164 Å². The van der Waals surface area contributed by atoms with E-state index in [1.54, 1.807) is 36.9 Å². The van der Waals surface area contributed by atoms with Crippen LogP contribution < -0.4 is 16.4 Å². The van der Waals surface area contributed by atoms with Gasteiger partial charge in [-0.1, -0.05) is 0 Å². The van der Waals surface area contributed by atoms with E-state index in [0.29, 0.717) is 35.2 Å². The number of esters is 1. The van der Waals surface area contributed by atoms with Gasteiger partial charge in [-0.05, 0) is 34.1 Å². The number of ether oxygens (including phenoxy) is 1. The molecule has 0 saturated heterocycles. The number of carbonyl (C=O) groups is 1. The lowest BCUT2D eigenvalue weighted by Gasteiger charge is -2.11. The van der Waals surface area contributed by atoms with Crippen LogP contribution >= 0.6 is 15.9 Å². The topological polar surface area (TPSA) is 120 Å². The average molecular weight is 432 g/mol. The van der Waals surface area contributed by atoms with Crippen molar-refractivity contribution in [2.45, 2.75) is 6.54 Å². The van der Waals surface area contributed by atoms with Crippen molar-refractivity contribution in [1.82, 2.24) is 19.5 Å². The van der Waals surface area contributed by atoms with Gasteiger partial charge in [0, 0.05) is 43.1 Å². The summed E-state index contributed by atoms with van der Waals surface area (Å²) in [5.41, 5.74) is 7.21. The molecule has 0 aliphatic carbocycles. The van der Waals surface area contributed by atoms with Gasteiger partial charge in [0.1, 0.15) is 5.82 Å². The van der Waals surface area contributed by atoms with Gasteiger partial charge in [0.05, 0.1) is 23.5 Å². The summed E-state index contributed by atoms with van der Waals surface area (Å²) in [7, 11) is 1.32. The van der Waals surface area contributed by atoms with Gasteiger partial charge >= 0.3 is 5.97 Å². The van der Waals surface area contributed by atoms with E-state index in [-0.39, 0.29) is 0 Å². The average Bonchev–Trinajstić information content (AvgIpc) is 3.16. The highest BCUT2D eigenvalue weighted by Crippen LogP contribution is 2.24. The van der Waals surface area contributed by atoms with E-state index in [2.05, 4.69) is 41.5 Å². The van der Waals surface area contributed by atoms with E-state index in [1.165, 1.54) is 7.11 Å². The van der Waals surface area contributed by atoms with Crippen molar-refractivity contribution in [2.24, 2.45) is 0 Å². The zero-order valence-electron chi connectivity index (χ0n) is 14.5. The molecule has 0 saturated carbocycles. The fourth-order valence-corrected chi connectivity index (χ4v) is 2.69. The van der Waals surface area contributed by atoms with Crippen LogP contribution in [0.2, 0.25) is 0 Å². The minimum absolute atomic E-state index is 0.343. The highest BCUT2D eigenvalue weighted by atomic mass is 79.9. The van der Waals surface area contributed by atoms with Crippen molar-refractivity contribution >= 4 is 45.0 Å². The minimum Gasteiger partial charge on any atom is -0.465 e. The Hall–Kier alpha value is -3.14. The Balaban J connectivity index is 1.72. The molecule has 9 nitrogen and oxygen atoms in total. The fraction of sp³-hybridized carbons (Fsp3) is 0.176. The number of nitrogen functional groups attached to an aromatic ring is 1. The predicted molar refractivity (Wildman–Crippen MR) is 106 cm³/mol. The molecular weight excluding hydrogens is 414 g/mol. The van der Waals surface area contributed by atoms with E-state index in [0.717, 1.165) is 11.0 Å². The van der Waals surface area contributed by atoms with Crippen molar-refractivity contribution in [1.29, 1.82) is 0 Å². The smallest absolute Gasteiger partial charge is 0.337 e. The fourth-order valence-electron chi connectivity index (χ4n) is 2.36. The number of benzene rings is 1. The first kappa shape index (κ1) is 18.6. The van der Waals surface area contributed by atoms with Crippen molar-refractivity contribution in [3.8, 4) is 0 Å². The van der Waals surface area contributed by atoms with Gasteiger partial charge in [-0.3, -0.25) is 0 Å². The molecule has 0 aliphatic rings. The van der Waals surface area contributed by atoms with Crippen LogP contribution in [0.25, 0.3) is 0 Å². The van der Waals surface area contributed by atoms with Gasteiger partial charge in [0.15, 0.2) is 0 Å².